The smallest absolute Gasteiger partial charge is 0.157 e. The molecule has 1 aliphatic rings. The van der Waals surface area contributed by atoms with Crippen LogP contribution in [0.3, 0.4) is 0 Å². The first kappa shape index (κ1) is 15.9. The number of nitrogens with zero attached hydrogens (tertiary/aromatic N) is 3. The van der Waals surface area contributed by atoms with Crippen molar-refractivity contribution in [2.24, 2.45) is 0 Å². The summed E-state index contributed by atoms with van der Waals surface area (Å²) in [5.41, 5.74) is 3.28. The first-order valence-corrected chi connectivity index (χ1v) is 8.31. The summed E-state index contributed by atoms with van der Waals surface area (Å²) in [4.78, 5) is 10.7. The van der Waals surface area contributed by atoms with Crippen LogP contribution in [0.25, 0.3) is 0 Å². The Morgan fingerprint density at radius 1 is 1.22 bits per heavy atom. The van der Waals surface area contributed by atoms with Crippen LogP contribution >= 0.6 is 11.6 Å². The van der Waals surface area contributed by atoms with Crippen molar-refractivity contribution in [1.82, 2.24) is 9.97 Å². The number of rotatable bonds is 4. The van der Waals surface area contributed by atoms with Crippen LogP contribution in [0.4, 0.5) is 17.2 Å². The molecule has 0 saturated carbocycles. The molecule has 1 saturated heterocycles. The zero-order valence-electron chi connectivity index (χ0n) is 13.5. The number of hydrogen-bond donors (Lipinski definition) is 2. The molecule has 3 rings (SSSR count). The van der Waals surface area contributed by atoms with E-state index < -0.39 is 0 Å². The third-order valence-electron chi connectivity index (χ3n) is 4.21. The molecule has 1 aromatic carbocycles. The molecule has 0 spiro atoms. The van der Waals surface area contributed by atoms with Crippen LogP contribution in [0, 0.1) is 6.92 Å². The normalized spacial score (nSPS) is 15.5. The Labute approximate surface area is 142 Å². The second kappa shape index (κ2) is 7.04. The highest BCUT2D eigenvalue weighted by atomic mass is 35.5. The van der Waals surface area contributed by atoms with E-state index in [1.165, 1.54) is 17.6 Å². The van der Waals surface area contributed by atoms with E-state index in [0.717, 1.165) is 37.4 Å². The fourth-order valence-corrected chi connectivity index (χ4v) is 3.24. The van der Waals surface area contributed by atoms with E-state index in [4.69, 9.17) is 11.6 Å². The van der Waals surface area contributed by atoms with Crippen LogP contribution in [0.2, 0.25) is 5.15 Å². The number of aromatic nitrogens is 2. The van der Waals surface area contributed by atoms with Gasteiger partial charge < -0.3 is 15.5 Å². The molecule has 0 aliphatic carbocycles. The molecule has 5 nitrogen and oxygen atoms in total. The molecule has 1 aliphatic heterocycles. The third-order valence-corrected chi connectivity index (χ3v) is 4.50. The maximum Gasteiger partial charge on any atom is 0.157 e. The summed E-state index contributed by atoms with van der Waals surface area (Å²) in [6, 6.07) is 9.02. The van der Waals surface area contributed by atoms with E-state index in [1.54, 1.807) is 0 Å². The van der Waals surface area contributed by atoms with Crippen LogP contribution in [0.1, 0.15) is 18.4 Å². The highest BCUT2D eigenvalue weighted by Crippen LogP contribution is 2.30. The molecule has 0 amide bonds. The van der Waals surface area contributed by atoms with Gasteiger partial charge in [0.1, 0.15) is 12.0 Å². The maximum absolute atomic E-state index is 6.15. The van der Waals surface area contributed by atoms with E-state index in [1.807, 2.05) is 7.05 Å². The zero-order chi connectivity index (χ0) is 16.2. The lowest BCUT2D eigenvalue weighted by molar-refractivity contribution is 0.524. The van der Waals surface area contributed by atoms with Gasteiger partial charge >= 0.3 is 0 Å². The highest BCUT2D eigenvalue weighted by Gasteiger charge is 2.23. The number of anilines is 3. The lowest BCUT2D eigenvalue weighted by Crippen LogP contribution is -2.39. The number of piperidine rings is 1. The Kier molecular flexibility index (Phi) is 4.86. The van der Waals surface area contributed by atoms with Crippen LogP contribution < -0.4 is 15.5 Å². The Bertz CT molecular complexity index is 668. The third kappa shape index (κ3) is 3.67. The molecule has 2 heterocycles. The summed E-state index contributed by atoms with van der Waals surface area (Å²) in [5.74, 6) is 0.890. The molecule has 0 radical (unpaired) electrons. The van der Waals surface area contributed by atoms with Crippen LogP contribution in [-0.4, -0.2) is 36.1 Å². The fourth-order valence-electron chi connectivity index (χ4n) is 3.02. The van der Waals surface area contributed by atoms with Gasteiger partial charge in [0.15, 0.2) is 11.0 Å². The monoisotopic (exact) mass is 331 g/mol. The molecule has 0 unspecified atom stereocenters. The van der Waals surface area contributed by atoms with Gasteiger partial charge in [0, 0.05) is 31.9 Å². The first-order chi connectivity index (χ1) is 11.2. The molecule has 2 N–H and O–H groups in total. The predicted octanol–water partition coefficient (Wildman–Crippen LogP) is 3.56. The summed E-state index contributed by atoms with van der Waals surface area (Å²) < 4.78 is 0. The Morgan fingerprint density at radius 2 is 2.00 bits per heavy atom. The average Bonchev–Trinajstić information content (AvgIpc) is 2.55. The van der Waals surface area contributed by atoms with Crippen molar-refractivity contribution in [3.8, 4) is 0 Å². The molecule has 1 fully saturated rings. The summed E-state index contributed by atoms with van der Waals surface area (Å²) in [6.07, 6.45) is 3.66. The van der Waals surface area contributed by atoms with E-state index >= 15 is 0 Å². The Morgan fingerprint density at radius 3 is 2.70 bits per heavy atom. The number of hydrogen-bond acceptors (Lipinski definition) is 5. The number of nitrogens with one attached hydrogen (secondary N) is 2. The van der Waals surface area contributed by atoms with E-state index in [-0.39, 0.29) is 0 Å². The van der Waals surface area contributed by atoms with Gasteiger partial charge in [-0.2, -0.15) is 0 Å². The van der Waals surface area contributed by atoms with Crippen molar-refractivity contribution in [3.63, 3.8) is 0 Å². The molecule has 6 heteroatoms. The molecule has 0 atom stereocenters. The fraction of sp³-hybridized carbons (Fsp3) is 0.412. The van der Waals surface area contributed by atoms with Gasteiger partial charge in [0.25, 0.3) is 0 Å². The summed E-state index contributed by atoms with van der Waals surface area (Å²) in [6.45, 7) is 4.02. The minimum atomic E-state index is 0.470. The van der Waals surface area contributed by atoms with Crippen molar-refractivity contribution >= 4 is 28.8 Å². The molecular weight excluding hydrogens is 310 g/mol. The summed E-state index contributed by atoms with van der Waals surface area (Å²) >= 11 is 6.15. The van der Waals surface area contributed by atoms with E-state index in [2.05, 4.69) is 56.7 Å². The van der Waals surface area contributed by atoms with E-state index in [0.29, 0.717) is 11.2 Å². The number of aryl methyl sites for hydroxylation is 1. The minimum Gasteiger partial charge on any atom is -0.383 e. The SMILES string of the molecule is CNc1c(Cl)ncnc1N1CCC(Nc2cccc(C)c2)CC1. The van der Waals surface area contributed by atoms with Gasteiger partial charge in [-0.1, -0.05) is 23.7 Å². The summed E-state index contributed by atoms with van der Waals surface area (Å²) in [7, 11) is 1.85. The largest absolute Gasteiger partial charge is 0.383 e. The van der Waals surface area contributed by atoms with Gasteiger partial charge in [0.05, 0.1) is 0 Å². The number of benzene rings is 1. The van der Waals surface area contributed by atoms with Gasteiger partial charge in [-0.05, 0) is 37.5 Å². The van der Waals surface area contributed by atoms with E-state index in [9.17, 15) is 0 Å². The van der Waals surface area contributed by atoms with Gasteiger partial charge in [-0.15, -0.1) is 0 Å². The van der Waals surface area contributed by atoms with Crippen molar-refractivity contribution < 1.29 is 0 Å². The lowest BCUT2D eigenvalue weighted by atomic mass is 10.0. The quantitative estimate of drug-likeness (QED) is 0.839. The summed E-state index contributed by atoms with van der Waals surface area (Å²) in [5, 5.41) is 7.21. The molecule has 2 aromatic rings. The predicted molar refractivity (Wildman–Crippen MR) is 96.6 cm³/mol. The highest BCUT2D eigenvalue weighted by molar-refractivity contribution is 6.32. The van der Waals surface area contributed by atoms with Gasteiger partial charge in [-0.3, -0.25) is 0 Å². The topological polar surface area (TPSA) is 53.1 Å². The molecular formula is C17H22ClN5. The second-order valence-electron chi connectivity index (χ2n) is 5.89. The average molecular weight is 332 g/mol. The van der Waals surface area contributed by atoms with Crippen molar-refractivity contribution in [1.29, 1.82) is 0 Å². The molecule has 0 bridgehead atoms. The van der Waals surface area contributed by atoms with Crippen molar-refractivity contribution in [3.05, 3.63) is 41.3 Å². The van der Waals surface area contributed by atoms with Crippen LogP contribution in [-0.2, 0) is 0 Å². The Balaban J connectivity index is 1.64. The lowest BCUT2D eigenvalue weighted by Gasteiger charge is -2.34. The van der Waals surface area contributed by atoms with Crippen molar-refractivity contribution in [2.45, 2.75) is 25.8 Å². The maximum atomic E-state index is 6.15. The van der Waals surface area contributed by atoms with Gasteiger partial charge in [-0.25, -0.2) is 9.97 Å². The second-order valence-corrected chi connectivity index (χ2v) is 6.25. The van der Waals surface area contributed by atoms with Crippen LogP contribution in [0.5, 0.6) is 0 Å². The first-order valence-electron chi connectivity index (χ1n) is 7.94. The molecule has 122 valence electrons. The van der Waals surface area contributed by atoms with Crippen molar-refractivity contribution in [2.75, 3.05) is 35.7 Å². The van der Waals surface area contributed by atoms with Crippen LogP contribution in [0.15, 0.2) is 30.6 Å². The molecule has 23 heavy (non-hydrogen) atoms. The zero-order valence-corrected chi connectivity index (χ0v) is 14.3. The Hall–Kier alpha value is -2.01. The standard InChI is InChI=1S/C17H22ClN5/c1-12-4-3-5-14(10-12)22-13-6-8-23(9-7-13)17-15(19-2)16(18)20-11-21-17/h3-5,10-11,13,19,22H,6-9H2,1-2H3. The molecule has 1 aromatic heterocycles. The van der Waals surface area contributed by atoms with Gasteiger partial charge in [0.2, 0.25) is 0 Å². The minimum absolute atomic E-state index is 0.470. The number of halogens is 1.